The first-order valence-corrected chi connectivity index (χ1v) is 6.73. The molecule has 1 aromatic carbocycles. The molecule has 0 aromatic heterocycles. The first kappa shape index (κ1) is 14.2. The molecule has 3 nitrogen and oxygen atoms in total. The van der Waals surface area contributed by atoms with Crippen LogP contribution in [0.5, 0.6) is 0 Å². The van der Waals surface area contributed by atoms with E-state index in [4.69, 9.17) is 0 Å². The third-order valence-electron chi connectivity index (χ3n) is 2.65. The van der Waals surface area contributed by atoms with Crippen molar-refractivity contribution >= 4 is 27.5 Å². The lowest BCUT2D eigenvalue weighted by molar-refractivity contribution is -0.115. The molecule has 17 heavy (non-hydrogen) atoms. The fourth-order valence-corrected chi connectivity index (χ4v) is 1.99. The van der Waals surface area contributed by atoms with Gasteiger partial charge in [0, 0.05) is 16.2 Å². The van der Waals surface area contributed by atoms with E-state index >= 15 is 0 Å². The molecule has 0 aliphatic heterocycles. The Hall–Kier alpha value is -0.870. The number of hydrogen-bond donors (Lipinski definition) is 2. The maximum absolute atomic E-state index is 11.7. The van der Waals surface area contributed by atoms with E-state index in [2.05, 4.69) is 40.4 Å². The Morgan fingerprint density at radius 2 is 2.06 bits per heavy atom. The van der Waals surface area contributed by atoms with Gasteiger partial charge in [-0.15, -0.1) is 0 Å². The van der Waals surface area contributed by atoms with Crippen molar-refractivity contribution in [3.8, 4) is 0 Å². The normalized spacial score (nSPS) is 10.6. The SMILES string of the molecule is CCC(CC)NCC(=O)Nc1cccc(Br)c1. The van der Waals surface area contributed by atoms with Gasteiger partial charge in [-0.1, -0.05) is 35.8 Å². The molecular weight excluding hydrogens is 280 g/mol. The molecular formula is C13H19BrN2O. The number of amides is 1. The van der Waals surface area contributed by atoms with Crippen molar-refractivity contribution in [3.63, 3.8) is 0 Å². The van der Waals surface area contributed by atoms with Crippen LogP contribution >= 0.6 is 15.9 Å². The van der Waals surface area contributed by atoms with Crippen LogP contribution in [0, 0.1) is 0 Å². The molecule has 2 N–H and O–H groups in total. The molecule has 0 bridgehead atoms. The zero-order chi connectivity index (χ0) is 12.7. The zero-order valence-electron chi connectivity index (χ0n) is 10.3. The summed E-state index contributed by atoms with van der Waals surface area (Å²) in [5.74, 6) is -0.00463. The summed E-state index contributed by atoms with van der Waals surface area (Å²) in [7, 11) is 0. The average Bonchev–Trinajstić information content (AvgIpc) is 2.30. The van der Waals surface area contributed by atoms with Crippen LogP contribution in [0.4, 0.5) is 5.69 Å². The maximum Gasteiger partial charge on any atom is 0.238 e. The van der Waals surface area contributed by atoms with Crippen molar-refractivity contribution in [1.29, 1.82) is 0 Å². The van der Waals surface area contributed by atoms with E-state index in [0.29, 0.717) is 12.6 Å². The Kier molecular flexibility index (Phi) is 6.22. The van der Waals surface area contributed by atoms with Crippen LogP contribution in [-0.4, -0.2) is 18.5 Å². The summed E-state index contributed by atoms with van der Waals surface area (Å²) in [6, 6.07) is 8.00. The summed E-state index contributed by atoms with van der Waals surface area (Å²) in [4.78, 5) is 11.7. The Morgan fingerprint density at radius 3 is 2.65 bits per heavy atom. The van der Waals surface area contributed by atoms with E-state index in [1.54, 1.807) is 0 Å². The van der Waals surface area contributed by atoms with Crippen LogP contribution in [0.1, 0.15) is 26.7 Å². The van der Waals surface area contributed by atoms with Gasteiger partial charge in [0.25, 0.3) is 0 Å². The van der Waals surface area contributed by atoms with Crippen molar-refractivity contribution in [3.05, 3.63) is 28.7 Å². The number of benzene rings is 1. The fourth-order valence-electron chi connectivity index (χ4n) is 1.59. The number of carbonyl (C=O) groups is 1. The molecule has 1 aromatic rings. The largest absolute Gasteiger partial charge is 0.325 e. The summed E-state index contributed by atoms with van der Waals surface area (Å²) >= 11 is 3.37. The van der Waals surface area contributed by atoms with E-state index in [1.165, 1.54) is 0 Å². The number of hydrogen-bond acceptors (Lipinski definition) is 2. The number of carbonyl (C=O) groups excluding carboxylic acids is 1. The molecule has 4 heteroatoms. The number of nitrogens with one attached hydrogen (secondary N) is 2. The second-order valence-electron chi connectivity index (χ2n) is 3.95. The second-order valence-corrected chi connectivity index (χ2v) is 4.87. The van der Waals surface area contributed by atoms with Crippen molar-refractivity contribution < 1.29 is 4.79 Å². The summed E-state index contributed by atoms with van der Waals surface area (Å²) in [5, 5.41) is 6.08. The topological polar surface area (TPSA) is 41.1 Å². The van der Waals surface area contributed by atoms with Gasteiger partial charge in [-0.25, -0.2) is 0 Å². The Bertz CT molecular complexity index is 364. The van der Waals surface area contributed by atoms with Crippen LogP contribution in [-0.2, 0) is 4.79 Å². The summed E-state index contributed by atoms with van der Waals surface area (Å²) in [6.45, 7) is 4.60. The zero-order valence-corrected chi connectivity index (χ0v) is 11.9. The van der Waals surface area contributed by atoms with Gasteiger partial charge >= 0.3 is 0 Å². The van der Waals surface area contributed by atoms with Crippen molar-refractivity contribution in [2.45, 2.75) is 32.7 Å². The quantitative estimate of drug-likeness (QED) is 0.847. The molecule has 94 valence electrons. The lowest BCUT2D eigenvalue weighted by atomic mass is 10.2. The van der Waals surface area contributed by atoms with E-state index in [0.717, 1.165) is 23.0 Å². The molecule has 0 saturated heterocycles. The molecule has 0 unspecified atom stereocenters. The molecule has 0 radical (unpaired) electrons. The predicted molar refractivity (Wildman–Crippen MR) is 75.1 cm³/mol. The van der Waals surface area contributed by atoms with Crippen LogP contribution < -0.4 is 10.6 Å². The third-order valence-corrected chi connectivity index (χ3v) is 3.14. The standard InChI is InChI=1S/C13H19BrN2O/c1-3-11(4-2)15-9-13(17)16-12-7-5-6-10(14)8-12/h5-8,11,15H,3-4,9H2,1-2H3,(H,16,17). The molecule has 1 rings (SSSR count). The van der Waals surface area contributed by atoms with Gasteiger partial charge in [0.1, 0.15) is 0 Å². The molecule has 0 fully saturated rings. The van der Waals surface area contributed by atoms with E-state index in [1.807, 2.05) is 24.3 Å². The first-order valence-electron chi connectivity index (χ1n) is 5.94. The Morgan fingerprint density at radius 1 is 1.35 bits per heavy atom. The van der Waals surface area contributed by atoms with Gasteiger partial charge in [0.2, 0.25) is 5.91 Å². The molecule has 0 aliphatic carbocycles. The Balaban J connectivity index is 2.39. The molecule has 0 atom stereocenters. The second kappa shape index (κ2) is 7.45. The average molecular weight is 299 g/mol. The van der Waals surface area contributed by atoms with E-state index in [9.17, 15) is 4.79 Å². The van der Waals surface area contributed by atoms with Crippen LogP contribution in [0.2, 0.25) is 0 Å². The first-order chi connectivity index (χ1) is 8.15. The molecule has 1 amide bonds. The molecule has 0 saturated carbocycles. The lowest BCUT2D eigenvalue weighted by Gasteiger charge is -2.14. The highest BCUT2D eigenvalue weighted by Crippen LogP contribution is 2.15. The van der Waals surface area contributed by atoms with Crippen molar-refractivity contribution in [1.82, 2.24) is 5.32 Å². The predicted octanol–water partition coefficient (Wildman–Crippen LogP) is 3.17. The number of anilines is 1. The van der Waals surface area contributed by atoms with Crippen molar-refractivity contribution in [2.75, 3.05) is 11.9 Å². The summed E-state index contributed by atoms with van der Waals surface area (Å²) in [6.07, 6.45) is 2.08. The number of halogens is 1. The number of rotatable bonds is 6. The van der Waals surface area contributed by atoms with Crippen LogP contribution in [0.25, 0.3) is 0 Å². The van der Waals surface area contributed by atoms with Gasteiger partial charge in [-0.2, -0.15) is 0 Å². The van der Waals surface area contributed by atoms with Gasteiger partial charge in [-0.3, -0.25) is 4.79 Å². The van der Waals surface area contributed by atoms with E-state index < -0.39 is 0 Å². The van der Waals surface area contributed by atoms with E-state index in [-0.39, 0.29) is 5.91 Å². The molecule has 0 spiro atoms. The summed E-state index contributed by atoms with van der Waals surface area (Å²) in [5.41, 5.74) is 0.815. The van der Waals surface area contributed by atoms with Gasteiger partial charge in [0.15, 0.2) is 0 Å². The highest BCUT2D eigenvalue weighted by Gasteiger charge is 2.06. The minimum atomic E-state index is -0.00463. The van der Waals surface area contributed by atoms with Crippen molar-refractivity contribution in [2.24, 2.45) is 0 Å². The Labute approximate surface area is 111 Å². The molecule has 0 aliphatic rings. The monoisotopic (exact) mass is 298 g/mol. The molecule has 0 heterocycles. The minimum absolute atomic E-state index is 0.00463. The van der Waals surface area contributed by atoms with Gasteiger partial charge in [-0.05, 0) is 31.0 Å². The smallest absolute Gasteiger partial charge is 0.238 e. The highest BCUT2D eigenvalue weighted by molar-refractivity contribution is 9.10. The van der Waals surface area contributed by atoms with Gasteiger partial charge < -0.3 is 10.6 Å². The lowest BCUT2D eigenvalue weighted by Crippen LogP contribution is -2.35. The summed E-state index contributed by atoms with van der Waals surface area (Å²) < 4.78 is 0.961. The van der Waals surface area contributed by atoms with Crippen LogP contribution in [0.15, 0.2) is 28.7 Å². The van der Waals surface area contributed by atoms with Crippen LogP contribution in [0.3, 0.4) is 0 Å². The van der Waals surface area contributed by atoms with Gasteiger partial charge in [0.05, 0.1) is 6.54 Å². The maximum atomic E-state index is 11.7. The fraction of sp³-hybridized carbons (Fsp3) is 0.462. The highest BCUT2D eigenvalue weighted by atomic mass is 79.9. The minimum Gasteiger partial charge on any atom is -0.325 e. The third kappa shape index (κ3) is 5.33.